The number of aryl methyl sites for hydroxylation is 1. The lowest BCUT2D eigenvalue weighted by molar-refractivity contribution is 0.0651. The minimum Gasteiger partial charge on any atom is -0.339 e. The molecule has 1 aliphatic heterocycles. The van der Waals surface area contributed by atoms with E-state index in [1.54, 1.807) is 0 Å². The lowest BCUT2D eigenvalue weighted by Crippen LogP contribution is -2.42. The van der Waals surface area contributed by atoms with E-state index >= 15 is 0 Å². The van der Waals surface area contributed by atoms with Crippen molar-refractivity contribution in [3.8, 4) is 0 Å². The van der Waals surface area contributed by atoms with Crippen molar-refractivity contribution in [3.63, 3.8) is 0 Å². The second-order valence-electron chi connectivity index (χ2n) is 3.61. The smallest absolute Gasteiger partial charge is 0.253 e. The van der Waals surface area contributed by atoms with Crippen LogP contribution in [0.15, 0.2) is 22.7 Å². The monoisotopic (exact) mass is 253 g/mol. The molecule has 0 aliphatic carbocycles. The van der Waals surface area contributed by atoms with Gasteiger partial charge in [0, 0.05) is 23.1 Å². The largest absolute Gasteiger partial charge is 0.339 e. The highest BCUT2D eigenvalue weighted by molar-refractivity contribution is 9.10. The minimum atomic E-state index is 0.159. The van der Waals surface area contributed by atoms with E-state index in [-0.39, 0.29) is 5.91 Å². The van der Waals surface area contributed by atoms with Crippen molar-refractivity contribution in [3.05, 3.63) is 33.8 Å². The fourth-order valence-electron chi connectivity index (χ4n) is 1.48. The van der Waals surface area contributed by atoms with E-state index < -0.39 is 0 Å². The zero-order chi connectivity index (χ0) is 10.1. The molecule has 1 amide bonds. The number of likely N-dealkylation sites (tertiary alicyclic amines) is 1. The maximum absolute atomic E-state index is 11.8. The fourth-order valence-corrected chi connectivity index (χ4v) is 1.73. The van der Waals surface area contributed by atoms with Crippen LogP contribution < -0.4 is 0 Å². The zero-order valence-electron chi connectivity index (χ0n) is 8.09. The molecule has 0 radical (unpaired) electrons. The summed E-state index contributed by atoms with van der Waals surface area (Å²) in [5.74, 6) is 0.159. The first-order chi connectivity index (χ1) is 6.68. The molecule has 0 saturated carbocycles. The third kappa shape index (κ3) is 1.69. The maximum Gasteiger partial charge on any atom is 0.253 e. The summed E-state index contributed by atoms with van der Waals surface area (Å²) < 4.78 is 1.05. The van der Waals surface area contributed by atoms with Crippen molar-refractivity contribution in [2.24, 2.45) is 0 Å². The quantitative estimate of drug-likeness (QED) is 0.754. The standard InChI is InChI=1S/C11H12BrNO/c1-8-7-9(3-4-10(8)12)11(14)13-5-2-6-13/h3-4,7H,2,5-6H2,1H3. The number of carbonyl (C=O) groups is 1. The average molecular weight is 254 g/mol. The average Bonchev–Trinajstić information content (AvgIpc) is 2.06. The Morgan fingerprint density at radius 1 is 1.43 bits per heavy atom. The van der Waals surface area contributed by atoms with Crippen LogP contribution in [-0.2, 0) is 0 Å². The van der Waals surface area contributed by atoms with E-state index in [2.05, 4.69) is 15.9 Å². The number of amides is 1. The van der Waals surface area contributed by atoms with Crippen LogP contribution in [0.2, 0.25) is 0 Å². The van der Waals surface area contributed by atoms with E-state index in [4.69, 9.17) is 0 Å². The molecular weight excluding hydrogens is 242 g/mol. The van der Waals surface area contributed by atoms with Gasteiger partial charge in [0.1, 0.15) is 0 Å². The molecular formula is C11H12BrNO. The summed E-state index contributed by atoms with van der Waals surface area (Å²) >= 11 is 3.42. The molecule has 14 heavy (non-hydrogen) atoms. The summed E-state index contributed by atoms with van der Waals surface area (Å²) in [4.78, 5) is 13.7. The Morgan fingerprint density at radius 2 is 2.14 bits per heavy atom. The first-order valence-electron chi connectivity index (χ1n) is 4.74. The molecule has 1 fully saturated rings. The van der Waals surface area contributed by atoms with Crippen LogP contribution in [0.4, 0.5) is 0 Å². The molecule has 74 valence electrons. The van der Waals surface area contributed by atoms with Gasteiger partial charge in [0.25, 0.3) is 5.91 Å². The second kappa shape index (κ2) is 3.73. The van der Waals surface area contributed by atoms with Gasteiger partial charge in [-0.2, -0.15) is 0 Å². The zero-order valence-corrected chi connectivity index (χ0v) is 9.67. The summed E-state index contributed by atoms with van der Waals surface area (Å²) in [5.41, 5.74) is 1.90. The summed E-state index contributed by atoms with van der Waals surface area (Å²) in [5, 5.41) is 0. The van der Waals surface area contributed by atoms with Gasteiger partial charge >= 0.3 is 0 Å². The summed E-state index contributed by atoms with van der Waals surface area (Å²) in [6, 6.07) is 5.74. The normalized spacial score (nSPS) is 15.1. The molecule has 1 heterocycles. The van der Waals surface area contributed by atoms with Crippen molar-refractivity contribution in [1.82, 2.24) is 4.90 Å². The first kappa shape index (κ1) is 9.71. The van der Waals surface area contributed by atoms with Crippen LogP contribution in [0.5, 0.6) is 0 Å². The van der Waals surface area contributed by atoms with Crippen molar-refractivity contribution in [2.75, 3.05) is 13.1 Å². The summed E-state index contributed by atoms with van der Waals surface area (Å²) in [6.45, 7) is 3.82. The van der Waals surface area contributed by atoms with Gasteiger partial charge in [-0.1, -0.05) is 15.9 Å². The van der Waals surface area contributed by atoms with Crippen molar-refractivity contribution < 1.29 is 4.79 Å². The first-order valence-corrected chi connectivity index (χ1v) is 5.53. The highest BCUT2D eigenvalue weighted by Gasteiger charge is 2.21. The summed E-state index contributed by atoms with van der Waals surface area (Å²) in [6.07, 6.45) is 1.14. The molecule has 2 rings (SSSR count). The molecule has 0 unspecified atom stereocenters. The van der Waals surface area contributed by atoms with Gasteiger partial charge in [0.2, 0.25) is 0 Å². The lowest BCUT2D eigenvalue weighted by Gasteiger charge is -2.31. The maximum atomic E-state index is 11.8. The van der Waals surface area contributed by atoms with Crippen molar-refractivity contribution in [2.45, 2.75) is 13.3 Å². The van der Waals surface area contributed by atoms with Gasteiger partial charge in [-0.3, -0.25) is 4.79 Å². The van der Waals surface area contributed by atoms with Crippen molar-refractivity contribution >= 4 is 21.8 Å². The van der Waals surface area contributed by atoms with E-state index in [9.17, 15) is 4.79 Å². The molecule has 0 aromatic heterocycles. The predicted molar refractivity (Wildman–Crippen MR) is 59.4 cm³/mol. The third-order valence-electron chi connectivity index (χ3n) is 2.55. The highest BCUT2D eigenvalue weighted by Crippen LogP contribution is 2.19. The van der Waals surface area contributed by atoms with Gasteiger partial charge in [0.15, 0.2) is 0 Å². The number of benzene rings is 1. The second-order valence-corrected chi connectivity index (χ2v) is 4.46. The number of hydrogen-bond acceptors (Lipinski definition) is 1. The Labute approximate surface area is 92.0 Å². The van der Waals surface area contributed by atoms with Gasteiger partial charge in [-0.05, 0) is 37.1 Å². The molecule has 0 N–H and O–H groups in total. The van der Waals surface area contributed by atoms with Gasteiger partial charge in [0.05, 0.1) is 0 Å². The number of carbonyl (C=O) groups excluding carboxylic acids is 1. The number of hydrogen-bond donors (Lipinski definition) is 0. The van der Waals surface area contributed by atoms with E-state index in [1.807, 2.05) is 30.0 Å². The van der Waals surface area contributed by atoms with Gasteiger partial charge in [-0.15, -0.1) is 0 Å². The number of nitrogens with zero attached hydrogens (tertiary/aromatic N) is 1. The Balaban J connectivity index is 2.23. The molecule has 0 bridgehead atoms. The van der Waals surface area contributed by atoms with E-state index in [0.717, 1.165) is 35.1 Å². The Hall–Kier alpha value is -0.830. The van der Waals surface area contributed by atoms with Crippen LogP contribution in [0.1, 0.15) is 22.3 Å². The predicted octanol–water partition coefficient (Wildman–Crippen LogP) is 2.60. The van der Waals surface area contributed by atoms with Gasteiger partial charge < -0.3 is 4.90 Å². The highest BCUT2D eigenvalue weighted by atomic mass is 79.9. The Bertz CT molecular complexity index is 372. The van der Waals surface area contributed by atoms with Crippen LogP contribution in [0.25, 0.3) is 0 Å². The molecule has 3 heteroatoms. The van der Waals surface area contributed by atoms with Crippen LogP contribution in [0.3, 0.4) is 0 Å². The van der Waals surface area contributed by atoms with E-state index in [0.29, 0.717) is 0 Å². The topological polar surface area (TPSA) is 20.3 Å². The Kier molecular flexibility index (Phi) is 2.59. The van der Waals surface area contributed by atoms with E-state index in [1.165, 1.54) is 0 Å². The van der Waals surface area contributed by atoms with Crippen LogP contribution >= 0.6 is 15.9 Å². The minimum absolute atomic E-state index is 0.159. The number of rotatable bonds is 1. The molecule has 1 aliphatic rings. The lowest BCUT2D eigenvalue weighted by atomic mass is 10.1. The molecule has 1 aromatic carbocycles. The van der Waals surface area contributed by atoms with Crippen molar-refractivity contribution in [1.29, 1.82) is 0 Å². The molecule has 1 aromatic rings. The van der Waals surface area contributed by atoms with Gasteiger partial charge in [-0.25, -0.2) is 0 Å². The summed E-state index contributed by atoms with van der Waals surface area (Å²) in [7, 11) is 0. The fraction of sp³-hybridized carbons (Fsp3) is 0.364. The SMILES string of the molecule is Cc1cc(C(=O)N2CCC2)ccc1Br. The molecule has 0 spiro atoms. The van der Waals surface area contributed by atoms with Crippen LogP contribution in [0, 0.1) is 6.92 Å². The molecule has 0 atom stereocenters. The molecule has 2 nitrogen and oxygen atoms in total. The third-order valence-corrected chi connectivity index (χ3v) is 3.44. The Morgan fingerprint density at radius 3 is 2.64 bits per heavy atom. The number of halogens is 1. The van der Waals surface area contributed by atoms with Crippen LogP contribution in [-0.4, -0.2) is 23.9 Å². The molecule has 1 saturated heterocycles.